The summed E-state index contributed by atoms with van der Waals surface area (Å²) >= 11 is 0. The van der Waals surface area contributed by atoms with Crippen LogP contribution in [0.3, 0.4) is 0 Å². The maximum Gasteiger partial charge on any atom is 0.253 e. The van der Waals surface area contributed by atoms with Crippen molar-refractivity contribution in [2.75, 3.05) is 5.73 Å². The minimum atomic E-state index is -0.0214. The molecule has 1 heterocycles. The van der Waals surface area contributed by atoms with Crippen molar-refractivity contribution in [2.24, 2.45) is 17.8 Å². The average Bonchev–Trinajstić information content (AvgIpc) is 2.36. The molecule has 0 saturated heterocycles. The Balaban J connectivity index is 1.57. The number of nitrogen functional groups attached to an aromatic ring is 1. The lowest BCUT2D eigenvalue weighted by Crippen LogP contribution is -2.59. The fraction of sp³-hybridized carbons (Fsp3) is 0.625. The predicted molar refractivity (Wildman–Crippen MR) is 77.0 cm³/mol. The molecule has 4 fully saturated rings. The number of hydrogen-bond acceptors (Lipinski definition) is 3. The first kappa shape index (κ1) is 12.2. The Morgan fingerprint density at radius 1 is 1.20 bits per heavy atom. The third-order valence-corrected chi connectivity index (χ3v) is 5.51. The molecular formula is C16H21N3O. The van der Waals surface area contributed by atoms with Crippen LogP contribution in [0.4, 0.5) is 5.69 Å². The van der Waals surface area contributed by atoms with Crippen molar-refractivity contribution in [2.45, 2.75) is 44.1 Å². The van der Waals surface area contributed by atoms with Crippen LogP contribution in [0, 0.1) is 17.8 Å². The highest BCUT2D eigenvalue weighted by molar-refractivity contribution is 5.99. The summed E-state index contributed by atoms with van der Waals surface area (Å²) in [6.07, 6.45) is 10.8. The van der Waals surface area contributed by atoms with E-state index in [1.54, 1.807) is 18.5 Å². The van der Waals surface area contributed by atoms with Gasteiger partial charge in [0, 0.05) is 11.7 Å². The highest BCUT2D eigenvalue weighted by Gasteiger charge is 2.51. The first-order valence-electron chi connectivity index (χ1n) is 7.65. The van der Waals surface area contributed by atoms with Crippen molar-refractivity contribution in [3.05, 3.63) is 24.0 Å². The zero-order chi connectivity index (χ0) is 13.7. The fourth-order valence-corrected chi connectivity index (χ4v) is 5.19. The van der Waals surface area contributed by atoms with Gasteiger partial charge in [0.2, 0.25) is 0 Å². The molecular weight excluding hydrogens is 250 g/mol. The van der Waals surface area contributed by atoms with Crippen molar-refractivity contribution in [1.29, 1.82) is 0 Å². The second kappa shape index (κ2) is 4.21. The molecule has 0 unspecified atom stereocenters. The third kappa shape index (κ3) is 1.89. The molecule has 106 valence electrons. The van der Waals surface area contributed by atoms with E-state index in [9.17, 15) is 4.79 Å². The van der Waals surface area contributed by atoms with E-state index in [2.05, 4.69) is 10.3 Å². The van der Waals surface area contributed by atoms with E-state index >= 15 is 0 Å². The highest BCUT2D eigenvalue weighted by atomic mass is 16.1. The Labute approximate surface area is 119 Å². The van der Waals surface area contributed by atoms with Crippen LogP contribution >= 0.6 is 0 Å². The zero-order valence-electron chi connectivity index (χ0n) is 11.6. The molecule has 0 atom stereocenters. The molecule has 4 nitrogen and oxygen atoms in total. The van der Waals surface area contributed by atoms with Gasteiger partial charge in [0.05, 0.1) is 17.4 Å². The molecule has 0 spiro atoms. The molecule has 4 heteroatoms. The SMILES string of the molecule is Nc1cnccc1C(=O)NC12CC3CC(CC(C3)C1)C2. The summed E-state index contributed by atoms with van der Waals surface area (Å²) in [5, 5.41) is 3.33. The van der Waals surface area contributed by atoms with Crippen molar-refractivity contribution >= 4 is 11.6 Å². The number of pyridine rings is 1. The molecule has 3 N–H and O–H groups in total. The molecule has 1 amide bonds. The normalized spacial score (nSPS) is 37.9. The van der Waals surface area contributed by atoms with Gasteiger partial charge in [-0.05, 0) is 62.3 Å². The molecule has 4 saturated carbocycles. The zero-order valence-corrected chi connectivity index (χ0v) is 11.6. The summed E-state index contributed by atoms with van der Waals surface area (Å²) in [6.45, 7) is 0. The number of rotatable bonds is 2. The monoisotopic (exact) mass is 271 g/mol. The molecule has 4 aliphatic rings. The maximum atomic E-state index is 12.5. The van der Waals surface area contributed by atoms with Gasteiger partial charge in [-0.1, -0.05) is 0 Å². The molecule has 4 bridgehead atoms. The Kier molecular flexibility index (Phi) is 2.56. The van der Waals surface area contributed by atoms with Crippen LogP contribution in [0.25, 0.3) is 0 Å². The second-order valence-corrected chi connectivity index (χ2v) is 7.11. The number of anilines is 1. The fourth-order valence-electron chi connectivity index (χ4n) is 5.19. The number of hydrogen-bond donors (Lipinski definition) is 2. The van der Waals surface area contributed by atoms with Gasteiger partial charge in [-0.15, -0.1) is 0 Å². The van der Waals surface area contributed by atoms with E-state index in [1.807, 2.05) is 0 Å². The number of nitrogens with one attached hydrogen (secondary N) is 1. The summed E-state index contributed by atoms with van der Waals surface area (Å²) in [7, 11) is 0. The van der Waals surface area contributed by atoms with E-state index in [0.29, 0.717) is 11.3 Å². The van der Waals surface area contributed by atoms with Gasteiger partial charge in [0.1, 0.15) is 0 Å². The Morgan fingerprint density at radius 2 is 1.80 bits per heavy atom. The van der Waals surface area contributed by atoms with Crippen molar-refractivity contribution in [3.63, 3.8) is 0 Å². The largest absolute Gasteiger partial charge is 0.397 e. The van der Waals surface area contributed by atoms with Gasteiger partial charge in [-0.2, -0.15) is 0 Å². The van der Waals surface area contributed by atoms with Crippen LogP contribution in [0.2, 0.25) is 0 Å². The Bertz CT molecular complexity index is 519. The lowest BCUT2D eigenvalue weighted by molar-refractivity contribution is -0.0166. The number of nitrogens with two attached hydrogens (primary N) is 1. The number of nitrogens with zero attached hydrogens (tertiary/aromatic N) is 1. The lowest BCUT2D eigenvalue weighted by Gasteiger charge is -2.56. The minimum Gasteiger partial charge on any atom is -0.397 e. The topological polar surface area (TPSA) is 68.0 Å². The van der Waals surface area contributed by atoms with Gasteiger partial charge in [-0.3, -0.25) is 9.78 Å². The number of carbonyl (C=O) groups excluding carboxylic acids is 1. The Morgan fingerprint density at radius 3 is 2.35 bits per heavy atom. The number of carbonyl (C=O) groups is 1. The Hall–Kier alpha value is -1.58. The van der Waals surface area contributed by atoms with Gasteiger partial charge in [0.25, 0.3) is 5.91 Å². The van der Waals surface area contributed by atoms with E-state index in [1.165, 1.54) is 19.3 Å². The summed E-state index contributed by atoms with van der Waals surface area (Å²) in [4.78, 5) is 16.5. The molecule has 0 aliphatic heterocycles. The van der Waals surface area contributed by atoms with Crippen LogP contribution in [0.1, 0.15) is 48.9 Å². The molecule has 20 heavy (non-hydrogen) atoms. The summed E-state index contributed by atoms with van der Waals surface area (Å²) in [5.74, 6) is 2.47. The quantitative estimate of drug-likeness (QED) is 0.867. The van der Waals surface area contributed by atoms with Crippen molar-refractivity contribution in [1.82, 2.24) is 10.3 Å². The van der Waals surface area contributed by atoms with Gasteiger partial charge in [0.15, 0.2) is 0 Å². The van der Waals surface area contributed by atoms with Gasteiger partial charge >= 0.3 is 0 Å². The van der Waals surface area contributed by atoms with E-state index in [-0.39, 0.29) is 11.4 Å². The molecule has 0 radical (unpaired) electrons. The van der Waals surface area contributed by atoms with Crippen molar-refractivity contribution < 1.29 is 4.79 Å². The lowest BCUT2D eigenvalue weighted by atomic mass is 9.53. The van der Waals surface area contributed by atoms with Crippen LogP contribution < -0.4 is 11.1 Å². The summed E-state index contributed by atoms with van der Waals surface area (Å²) < 4.78 is 0. The maximum absolute atomic E-state index is 12.5. The molecule has 4 aliphatic carbocycles. The third-order valence-electron chi connectivity index (χ3n) is 5.51. The van der Waals surface area contributed by atoms with Gasteiger partial charge < -0.3 is 11.1 Å². The highest BCUT2D eigenvalue weighted by Crippen LogP contribution is 2.55. The summed E-state index contributed by atoms with van der Waals surface area (Å²) in [5.41, 5.74) is 6.94. The second-order valence-electron chi connectivity index (χ2n) is 7.11. The predicted octanol–water partition coefficient (Wildman–Crippen LogP) is 2.36. The van der Waals surface area contributed by atoms with E-state index in [0.717, 1.165) is 37.0 Å². The molecule has 5 rings (SSSR count). The molecule has 1 aromatic heterocycles. The number of aromatic nitrogens is 1. The molecule has 1 aromatic rings. The first-order valence-corrected chi connectivity index (χ1v) is 7.65. The first-order chi connectivity index (χ1) is 9.63. The van der Waals surface area contributed by atoms with Crippen LogP contribution in [0.5, 0.6) is 0 Å². The molecule has 0 aromatic carbocycles. The van der Waals surface area contributed by atoms with E-state index < -0.39 is 0 Å². The smallest absolute Gasteiger partial charge is 0.253 e. The van der Waals surface area contributed by atoms with Crippen molar-refractivity contribution in [3.8, 4) is 0 Å². The average molecular weight is 271 g/mol. The van der Waals surface area contributed by atoms with E-state index in [4.69, 9.17) is 5.73 Å². The standard InChI is InChI=1S/C16H21N3O/c17-14-9-18-2-1-13(14)15(20)19-16-6-10-3-11(7-16)5-12(4-10)8-16/h1-2,9-12H,3-8,17H2,(H,19,20). The van der Waals surface area contributed by atoms with Gasteiger partial charge in [-0.25, -0.2) is 0 Å². The van der Waals surface area contributed by atoms with Crippen LogP contribution in [0.15, 0.2) is 18.5 Å². The minimum absolute atomic E-state index is 0.0214. The number of amides is 1. The van der Waals surface area contributed by atoms with Crippen LogP contribution in [-0.2, 0) is 0 Å². The van der Waals surface area contributed by atoms with Crippen LogP contribution in [-0.4, -0.2) is 16.4 Å². The summed E-state index contributed by atoms with van der Waals surface area (Å²) in [6, 6.07) is 1.71.